The van der Waals surface area contributed by atoms with E-state index in [-0.39, 0.29) is 5.91 Å². The molecule has 116 valence electrons. The third-order valence-electron chi connectivity index (χ3n) is 3.86. The highest BCUT2D eigenvalue weighted by atomic mass is 35.5. The van der Waals surface area contributed by atoms with Crippen molar-refractivity contribution in [2.24, 2.45) is 5.92 Å². The first-order valence-electron chi connectivity index (χ1n) is 7.43. The molecule has 1 amide bonds. The Morgan fingerprint density at radius 3 is 2.48 bits per heavy atom. The molecule has 0 aromatic heterocycles. The molecule has 1 aromatic carbocycles. The number of carbonyl (C=O) groups is 1. The van der Waals surface area contributed by atoms with E-state index in [1.54, 1.807) is 24.3 Å². The molecule has 2 rings (SSSR count). The number of nitrogens with one attached hydrogen (secondary N) is 1. The second-order valence-corrected chi connectivity index (χ2v) is 6.11. The van der Waals surface area contributed by atoms with Crippen molar-refractivity contribution < 1.29 is 9.53 Å². The second-order valence-electron chi connectivity index (χ2n) is 5.68. The third kappa shape index (κ3) is 4.70. The number of benzene rings is 1. The zero-order chi connectivity index (χ0) is 15.2. The van der Waals surface area contributed by atoms with Gasteiger partial charge in [-0.2, -0.15) is 0 Å². The van der Waals surface area contributed by atoms with Crippen molar-refractivity contribution in [1.82, 2.24) is 10.2 Å². The lowest BCUT2D eigenvalue weighted by Crippen LogP contribution is -2.51. The van der Waals surface area contributed by atoms with Crippen LogP contribution in [0.15, 0.2) is 24.3 Å². The highest BCUT2D eigenvalue weighted by molar-refractivity contribution is 6.30. The molecule has 1 heterocycles. The lowest BCUT2D eigenvalue weighted by atomic mass is 10.0. The summed E-state index contributed by atoms with van der Waals surface area (Å²) in [6.07, 6.45) is 0. The maximum atomic E-state index is 12.2. The first-order chi connectivity index (χ1) is 10.1. The highest BCUT2D eigenvalue weighted by Gasteiger charge is 2.24. The van der Waals surface area contributed by atoms with Crippen LogP contribution < -0.4 is 5.32 Å². The number of ether oxygens (including phenoxy) is 1. The fraction of sp³-hybridized carbons (Fsp3) is 0.562. The SMILES string of the molecule is CC(C)C(CNC(=O)c1ccc(Cl)cc1)N1CCOCC1. The van der Waals surface area contributed by atoms with Gasteiger partial charge in [-0.05, 0) is 30.2 Å². The molecule has 5 heteroatoms. The van der Waals surface area contributed by atoms with E-state index in [1.807, 2.05) is 0 Å². The van der Waals surface area contributed by atoms with Gasteiger partial charge in [0.1, 0.15) is 0 Å². The molecular weight excluding hydrogens is 288 g/mol. The fourth-order valence-corrected chi connectivity index (χ4v) is 2.72. The minimum absolute atomic E-state index is 0.0504. The predicted molar refractivity (Wildman–Crippen MR) is 84.8 cm³/mol. The van der Waals surface area contributed by atoms with Gasteiger partial charge in [0.2, 0.25) is 0 Å². The van der Waals surface area contributed by atoms with E-state index >= 15 is 0 Å². The summed E-state index contributed by atoms with van der Waals surface area (Å²) < 4.78 is 5.39. The van der Waals surface area contributed by atoms with Gasteiger partial charge in [0.25, 0.3) is 5.91 Å². The molecule has 21 heavy (non-hydrogen) atoms. The van der Waals surface area contributed by atoms with E-state index < -0.39 is 0 Å². The molecule has 1 atom stereocenters. The fourth-order valence-electron chi connectivity index (χ4n) is 2.60. The van der Waals surface area contributed by atoms with Gasteiger partial charge >= 0.3 is 0 Å². The summed E-state index contributed by atoms with van der Waals surface area (Å²) in [5.41, 5.74) is 0.642. The zero-order valence-corrected chi connectivity index (χ0v) is 13.4. The molecule has 1 N–H and O–H groups in total. The molecule has 0 saturated carbocycles. The standard InChI is InChI=1S/C16H23ClN2O2/c1-12(2)15(19-7-9-21-10-8-19)11-18-16(20)13-3-5-14(17)6-4-13/h3-6,12,15H,7-11H2,1-2H3,(H,18,20). The van der Waals surface area contributed by atoms with Crippen molar-refractivity contribution >= 4 is 17.5 Å². The summed E-state index contributed by atoms with van der Waals surface area (Å²) in [6, 6.07) is 7.30. The average molecular weight is 311 g/mol. The third-order valence-corrected chi connectivity index (χ3v) is 4.11. The van der Waals surface area contributed by atoms with Crippen LogP contribution in [0.2, 0.25) is 5.02 Å². The van der Waals surface area contributed by atoms with E-state index in [9.17, 15) is 4.79 Å². The summed E-state index contributed by atoms with van der Waals surface area (Å²) in [5.74, 6) is 0.430. The number of nitrogens with zero attached hydrogens (tertiary/aromatic N) is 1. The number of rotatable bonds is 5. The van der Waals surface area contributed by atoms with Crippen LogP contribution in [0.5, 0.6) is 0 Å². The molecule has 0 aliphatic carbocycles. The molecule has 1 saturated heterocycles. The Kier molecular flexibility index (Phi) is 6.03. The van der Waals surface area contributed by atoms with Gasteiger partial charge in [-0.3, -0.25) is 9.69 Å². The van der Waals surface area contributed by atoms with Crippen LogP contribution in [0.1, 0.15) is 24.2 Å². The van der Waals surface area contributed by atoms with E-state index in [1.165, 1.54) is 0 Å². The van der Waals surface area contributed by atoms with Crippen molar-refractivity contribution in [1.29, 1.82) is 0 Å². The summed E-state index contributed by atoms with van der Waals surface area (Å²) in [7, 11) is 0. The zero-order valence-electron chi connectivity index (χ0n) is 12.6. The molecule has 1 aliphatic heterocycles. The van der Waals surface area contributed by atoms with E-state index in [0.29, 0.717) is 29.1 Å². The van der Waals surface area contributed by atoms with Crippen LogP contribution >= 0.6 is 11.6 Å². The Balaban J connectivity index is 1.91. The summed E-state index contributed by atoms with van der Waals surface area (Å²) >= 11 is 5.84. The van der Waals surface area contributed by atoms with Crippen molar-refractivity contribution in [3.05, 3.63) is 34.9 Å². The number of amides is 1. The normalized spacial score (nSPS) is 17.7. The van der Waals surface area contributed by atoms with Gasteiger partial charge in [-0.15, -0.1) is 0 Å². The van der Waals surface area contributed by atoms with E-state index in [2.05, 4.69) is 24.1 Å². The number of carbonyl (C=O) groups excluding carboxylic acids is 1. The average Bonchev–Trinajstić information content (AvgIpc) is 2.48. The second kappa shape index (κ2) is 7.78. The molecule has 0 radical (unpaired) electrons. The minimum Gasteiger partial charge on any atom is -0.379 e. The van der Waals surface area contributed by atoms with Crippen LogP contribution in [0.3, 0.4) is 0 Å². The molecular formula is C16H23ClN2O2. The Labute approximate surface area is 131 Å². The molecule has 1 fully saturated rings. The van der Waals surface area contributed by atoms with Gasteiger partial charge in [0.05, 0.1) is 13.2 Å². The minimum atomic E-state index is -0.0504. The van der Waals surface area contributed by atoms with Crippen LogP contribution in [-0.2, 0) is 4.74 Å². The van der Waals surface area contributed by atoms with Gasteiger partial charge in [0, 0.05) is 36.3 Å². The molecule has 1 aromatic rings. The molecule has 0 spiro atoms. The highest BCUT2D eigenvalue weighted by Crippen LogP contribution is 2.13. The summed E-state index contributed by atoms with van der Waals surface area (Å²) in [4.78, 5) is 14.6. The van der Waals surface area contributed by atoms with Crippen LogP contribution in [0.25, 0.3) is 0 Å². The summed E-state index contributed by atoms with van der Waals surface area (Å²) in [6.45, 7) is 8.43. The molecule has 4 nitrogen and oxygen atoms in total. The maximum Gasteiger partial charge on any atom is 0.251 e. The topological polar surface area (TPSA) is 41.6 Å². The van der Waals surface area contributed by atoms with E-state index in [4.69, 9.17) is 16.3 Å². The quantitative estimate of drug-likeness (QED) is 0.908. The Hall–Kier alpha value is -1.10. The molecule has 1 unspecified atom stereocenters. The van der Waals surface area contributed by atoms with Gasteiger partial charge in [0.15, 0.2) is 0 Å². The van der Waals surface area contributed by atoms with Crippen molar-refractivity contribution in [3.63, 3.8) is 0 Å². The van der Waals surface area contributed by atoms with Gasteiger partial charge in [-0.25, -0.2) is 0 Å². The van der Waals surface area contributed by atoms with Crippen LogP contribution in [0.4, 0.5) is 0 Å². The molecule has 1 aliphatic rings. The number of halogens is 1. The van der Waals surface area contributed by atoms with Crippen molar-refractivity contribution in [3.8, 4) is 0 Å². The summed E-state index contributed by atoms with van der Waals surface area (Å²) in [5, 5.41) is 3.67. The Bertz CT molecular complexity index is 456. The Morgan fingerprint density at radius 2 is 1.90 bits per heavy atom. The van der Waals surface area contributed by atoms with Gasteiger partial charge < -0.3 is 10.1 Å². The first-order valence-corrected chi connectivity index (χ1v) is 7.81. The predicted octanol–water partition coefficient (Wildman–Crippen LogP) is 2.43. The van der Waals surface area contributed by atoms with E-state index in [0.717, 1.165) is 26.3 Å². The lowest BCUT2D eigenvalue weighted by molar-refractivity contribution is 0.00673. The monoisotopic (exact) mass is 310 g/mol. The van der Waals surface area contributed by atoms with Crippen molar-refractivity contribution in [2.45, 2.75) is 19.9 Å². The Morgan fingerprint density at radius 1 is 1.29 bits per heavy atom. The lowest BCUT2D eigenvalue weighted by Gasteiger charge is -2.36. The number of morpholine rings is 1. The number of hydrogen-bond donors (Lipinski definition) is 1. The van der Waals surface area contributed by atoms with Gasteiger partial charge in [-0.1, -0.05) is 25.4 Å². The van der Waals surface area contributed by atoms with Crippen molar-refractivity contribution in [2.75, 3.05) is 32.8 Å². The number of hydrogen-bond acceptors (Lipinski definition) is 3. The van der Waals surface area contributed by atoms with Crippen LogP contribution in [-0.4, -0.2) is 49.7 Å². The first kappa shape index (κ1) is 16.3. The molecule has 0 bridgehead atoms. The van der Waals surface area contributed by atoms with Crippen LogP contribution in [0, 0.1) is 5.92 Å². The maximum absolute atomic E-state index is 12.2. The largest absolute Gasteiger partial charge is 0.379 e. The smallest absolute Gasteiger partial charge is 0.251 e.